The normalized spacial score (nSPS) is 20.2. The van der Waals surface area contributed by atoms with Crippen molar-refractivity contribution in [2.24, 2.45) is 0 Å². The van der Waals surface area contributed by atoms with Gasteiger partial charge in [0.15, 0.2) is 0 Å². The molecule has 3 nitrogen and oxygen atoms in total. The number of nitrogens with one attached hydrogen (secondary N) is 1. The average molecular weight is 248 g/mol. The molecule has 0 aromatic heterocycles. The summed E-state index contributed by atoms with van der Waals surface area (Å²) in [6.45, 7) is 6.01. The van der Waals surface area contributed by atoms with E-state index in [4.69, 9.17) is 4.74 Å². The van der Waals surface area contributed by atoms with Crippen LogP contribution in [0.2, 0.25) is 0 Å². The molecule has 100 valence electrons. The van der Waals surface area contributed by atoms with Crippen LogP contribution in [0.1, 0.15) is 25.3 Å². The Morgan fingerprint density at radius 2 is 2.11 bits per heavy atom. The van der Waals surface area contributed by atoms with Crippen molar-refractivity contribution in [2.75, 3.05) is 26.7 Å². The molecule has 1 N–H and O–H groups in total. The monoisotopic (exact) mass is 248 g/mol. The molecule has 1 unspecified atom stereocenters. The molecule has 1 aromatic rings. The highest BCUT2D eigenvalue weighted by Crippen LogP contribution is 2.14. The Morgan fingerprint density at radius 1 is 1.33 bits per heavy atom. The van der Waals surface area contributed by atoms with Crippen LogP contribution < -0.4 is 10.1 Å². The Bertz CT molecular complexity index is 350. The maximum absolute atomic E-state index is 5.43. The third-order valence-electron chi connectivity index (χ3n) is 3.61. The first kappa shape index (κ1) is 13.4. The zero-order valence-electron chi connectivity index (χ0n) is 11.5. The summed E-state index contributed by atoms with van der Waals surface area (Å²) >= 11 is 0. The maximum atomic E-state index is 5.43. The fourth-order valence-electron chi connectivity index (χ4n) is 2.49. The van der Waals surface area contributed by atoms with Gasteiger partial charge in [0, 0.05) is 19.1 Å². The number of hydrogen-bond acceptors (Lipinski definition) is 3. The predicted octanol–water partition coefficient (Wildman–Crippen LogP) is 2.27. The van der Waals surface area contributed by atoms with Crippen molar-refractivity contribution in [2.45, 2.75) is 32.4 Å². The lowest BCUT2D eigenvalue weighted by atomic mass is 10.2. The molecule has 0 saturated carbocycles. The van der Waals surface area contributed by atoms with E-state index in [0.29, 0.717) is 6.04 Å². The van der Waals surface area contributed by atoms with E-state index >= 15 is 0 Å². The third kappa shape index (κ3) is 3.72. The molecule has 1 aliphatic rings. The van der Waals surface area contributed by atoms with Gasteiger partial charge in [0.2, 0.25) is 0 Å². The molecule has 0 bridgehead atoms. The van der Waals surface area contributed by atoms with Crippen molar-refractivity contribution < 1.29 is 4.74 Å². The van der Waals surface area contributed by atoms with Gasteiger partial charge in [0.1, 0.15) is 5.75 Å². The molecular formula is C15H24N2O. The summed E-state index contributed by atoms with van der Waals surface area (Å²) in [5.74, 6) is 0.955. The molecule has 0 spiro atoms. The molecule has 1 aliphatic heterocycles. The van der Waals surface area contributed by atoms with Crippen LogP contribution in [-0.4, -0.2) is 37.7 Å². The van der Waals surface area contributed by atoms with Crippen LogP contribution in [0.5, 0.6) is 5.75 Å². The Morgan fingerprint density at radius 3 is 2.72 bits per heavy atom. The highest BCUT2D eigenvalue weighted by molar-refractivity contribution is 5.27. The van der Waals surface area contributed by atoms with Crippen molar-refractivity contribution in [3.8, 4) is 5.75 Å². The first-order valence-electron chi connectivity index (χ1n) is 6.92. The number of benzene rings is 1. The van der Waals surface area contributed by atoms with Crippen molar-refractivity contribution in [1.82, 2.24) is 10.2 Å². The molecule has 1 fully saturated rings. The maximum Gasteiger partial charge on any atom is 0.119 e. The van der Waals surface area contributed by atoms with Crippen molar-refractivity contribution in [3.63, 3.8) is 0 Å². The highest BCUT2D eigenvalue weighted by atomic mass is 16.5. The van der Waals surface area contributed by atoms with Gasteiger partial charge >= 0.3 is 0 Å². The molecule has 1 aromatic carbocycles. The van der Waals surface area contributed by atoms with E-state index in [1.54, 1.807) is 0 Å². The van der Waals surface area contributed by atoms with Gasteiger partial charge in [0.05, 0.1) is 6.61 Å². The van der Waals surface area contributed by atoms with Gasteiger partial charge in [-0.1, -0.05) is 12.1 Å². The van der Waals surface area contributed by atoms with Crippen LogP contribution in [0.4, 0.5) is 0 Å². The van der Waals surface area contributed by atoms with Crippen molar-refractivity contribution in [3.05, 3.63) is 29.8 Å². The van der Waals surface area contributed by atoms with Crippen molar-refractivity contribution >= 4 is 0 Å². The second-order valence-corrected chi connectivity index (χ2v) is 4.98. The molecule has 0 aliphatic carbocycles. The van der Waals surface area contributed by atoms with Crippen LogP contribution in [0.15, 0.2) is 24.3 Å². The van der Waals surface area contributed by atoms with Crippen LogP contribution >= 0.6 is 0 Å². The Balaban J connectivity index is 1.72. The highest BCUT2D eigenvalue weighted by Gasteiger charge is 2.19. The standard InChI is InChI=1S/C15H24N2O/c1-3-18-15-8-6-13(7-9-15)11-16-12-14-5-4-10-17(14)2/h6-9,14,16H,3-5,10-12H2,1-2H3. The minimum Gasteiger partial charge on any atom is -0.494 e. The summed E-state index contributed by atoms with van der Waals surface area (Å²) < 4.78 is 5.43. The van der Waals surface area contributed by atoms with E-state index in [0.717, 1.165) is 25.4 Å². The summed E-state index contributed by atoms with van der Waals surface area (Å²) in [5.41, 5.74) is 1.32. The van der Waals surface area contributed by atoms with E-state index < -0.39 is 0 Å². The number of likely N-dealkylation sites (N-methyl/N-ethyl adjacent to an activating group) is 1. The Hall–Kier alpha value is -1.06. The molecule has 2 rings (SSSR count). The fraction of sp³-hybridized carbons (Fsp3) is 0.600. The molecule has 0 amide bonds. The summed E-state index contributed by atoms with van der Waals surface area (Å²) in [6.07, 6.45) is 2.67. The van der Waals surface area contributed by atoms with Crippen LogP contribution in [0.25, 0.3) is 0 Å². The summed E-state index contributed by atoms with van der Waals surface area (Å²) in [5, 5.41) is 3.54. The fourth-order valence-corrected chi connectivity index (χ4v) is 2.49. The topological polar surface area (TPSA) is 24.5 Å². The van der Waals surface area contributed by atoms with E-state index in [2.05, 4.69) is 29.4 Å². The lowest BCUT2D eigenvalue weighted by Gasteiger charge is -2.19. The van der Waals surface area contributed by atoms with Crippen LogP contribution in [0.3, 0.4) is 0 Å². The number of nitrogens with zero attached hydrogens (tertiary/aromatic N) is 1. The van der Waals surface area contributed by atoms with E-state index in [1.165, 1.54) is 24.9 Å². The predicted molar refractivity (Wildman–Crippen MR) is 75.0 cm³/mol. The zero-order chi connectivity index (χ0) is 12.8. The molecular weight excluding hydrogens is 224 g/mol. The van der Waals surface area contributed by atoms with Crippen LogP contribution in [0, 0.1) is 0 Å². The second kappa shape index (κ2) is 6.76. The molecule has 0 radical (unpaired) electrons. The van der Waals surface area contributed by atoms with Gasteiger partial charge in [-0.3, -0.25) is 0 Å². The van der Waals surface area contributed by atoms with Gasteiger partial charge in [0.25, 0.3) is 0 Å². The lowest BCUT2D eigenvalue weighted by molar-refractivity contribution is 0.300. The van der Waals surface area contributed by atoms with Crippen LogP contribution in [-0.2, 0) is 6.54 Å². The van der Waals surface area contributed by atoms with Gasteiger partial charge in [-0.2, -0.15) is 0 Å². The summed E-state index contributed by atoms with van der Waals surface area (Å²) in [7, 11) is 2.22. The number of ether oxygens (including phenoxy) is 1. The molecule has 1 atom stereocenters. The minimum absolute atomic E-state index is 0.715. The number of likely N-dealkylation sites (tertiary alicyclic amines) is 1. The number of rotatable bonds is 6. The van der Waals surface area contributed by atoms with Gasteiger partial charge in [-0.25, -0.2) is 0 Å². The van der Waals surface area contributed by atoms with Gasteiger partial charge in [-0.05, 0) is 51.1 Å². The first-order valence-corrected chi connectivity index (χ1v) is 6.92. The Kier molecular flexibility index (Phi) is 5.02. The van der Waals surface area contributed by atoms with Gasteiger partial charge in [-0.15, -0.1) is 0 Å². The Labute approximate surface area is 110 Å². The quantitative estimate of drug-likeness (QED) is 0.836. The largest absolute Gasteiger partial charge is 0.494 e. The summed E-state index contributed by atoms with van der Waals surface area (Å²) in [6, 6.07) is 9.07. The van der Waals surface area contributed by atoms with E-state index in [9.17, 15) is 0 Å². The smallest absolute Gasteiger partial charge is 0.119 e. The lowest BCUT2D eigenvalue weighted by Crippen LogP contribution is -2.35. The number of hydrogen-bond donors (Lipinski definition) is 1. The zero-order valence-corrected chi connectivity index (χ0v) is 11.5. The van der Waals surface area contributed by atoms with Crippen molar-refractivity contribution in [1.29, 1.82) is 0 Å². The van der Waals surface area contributed by atoms with Gasteiger partial charge < -0.3 is 15.0 Å². The minimum atomic E-state index is 0.715. The molecule has 3 heteroatoms. The molecule has 1 saturated heterocycles. The van der Waals surface area contributed by atoms with E-state index in [-0.39, 0.29) is 0 Å². The second-order valence-electron chi connectivity index (χ2n) is 4.98. The average Bonchev–Trinajstić information content (AvgIpc) is 2.78. The first-order chi connectivity index (χ1) is 8.79. The SMILES string of the molecule is CCOc1ccc(CNCC2CCCN2C)cc1. The van der Waals surface area contributed by atoms with E-state index in [1.807, 2.05) is 19.1 Å². The molecule has 18 heavy (non-hydrogen) atoms. The molecule has 1 heterocycles. The third-order valence-corrected chi connectivity index (χ3v) is 3.61. The summed E-state index contributed by atoms with van der Waals surface area (Å²) in [4.78, 5) is 2.45.